The first kappa shape index (κ1) is 31.5. The van der Waals surface area contributed by atoms with E-state index in [-0.39, 0.29) is 17.7 Å². The minimum absolute atomic E-state index is 0.000814. The van der Waals surface area contributed by atoms with Gasteiger partial charge in [0.25, 0.3) is 5.91 Å². The number of benzene rings is 2. The quantitative estimate of drug-likeness (QED) is 0.437. The van der Waals surface area contributed by atoms with Crippen LogP contribution in [0.15, 0.2) is 53.5 Å². The number of amides is 2. The summed E-state index contributed by atoms with van der Waals surface area (Å²) in [4.78, 5) is 38.5. The molecule has 0 spiro atoms. The molecule has 1 heterocycles. The fraction of sp³-hybridized carbons (Fsp3) is 0.273. The topological polar surface area (TPSA) is 99.1 Å². The molecule has 212 valence electrons. The Kier molecular flexibility index (Phi) is 9.65. The minimum Gasteiger partial charge on any atom is -0.475 e. The number of thioether (sulfide) groups is 1. The molecule has 2 aromatic carbocycles. The van der Waals surface area contributed by atoms with Crippen molar-refractivity contribution in [3.8, 4) is 0 Å². The van der Waals surface area contributed by atoms with E-state index in [1.165, 1.54) is 11.9 Å². The van der Waals surface area contributed by atoms with Crippen LogP contribution < -0.4 is 10.2 Å². The number of anilines is 2. The third-order valence-corrected chi connectivity index (χ3v) is 5.77. The molecule has 3 rings (SSSR count). The zero-order chi connectivity index (χ0) is 29.8. The summed E-state index contributed by atoms with van der Waals surface area (Å²) >= 11 is 0.761. The van der Waals surface area contributed by atoms with Gasteiger partial charge in [0.1, 0.15) is 5.25 Å². The second kappa shape index (κ2) is 12.0. The van der Waals surface area contributed by atoms with Crippen molar-refractivity contribution in [2.45, 2.75) is 30.2 Å². The van der Waals surface area contributed by atoms with Crippen LogP contribution in [0.5, 0.6) is 0 Å². The van der Waals surface area contributed by atoms with Crippen molar-refractivity contribution in [2.24, 2.45) is 4.99 Å². The number of aliphatic imine (C=N–C) groups is 1. The van der Waals surface area contributed by atoms with Crippen LogP contribution >= 0.6 is 11.8 Å². The fourth-order valence-electron chi connectivity index (χ4n) is 2.81. The molecule has 0 saturated heterocycles. The average molecular weight is 589 g/mol. The number of nitrogens with zero attached hydrogens (tertiary/aromatic N) is 2. The monoisotopic (exact) mass is 589 g/mol. The Morgan fingerprint density at radius 2 is 1.44 bits per heavy atom. The smallest absolute Gasteiger partial charge is 0.475 e. The highest BCUT2D eigenvalue weighted by Gasteiger charge is 2.39. The van der Waals surface area contributed by atoms with Gasteiger partial charge in [0, 0.05) is 24.8 Å². The van der Waals surface area contributed by atoms with Gasteiger partial charge in [-0.05, 0) is 30.3 Å². The van der Waals surface area contributed by atoms with Crippen LogP contribution in [0.25, 0.3) is 0 Å². The van der Waals surface area contributed by atoms with Gasteiger partial charge in [-0.25, -0.2) is 4.79 Å². The Labute approximate surface area is 217 Å². The van der Waals surface area contributed by atoms with Gasteiger partial charge >= 0.3 is 24.5 Å². The number of carbonyl (C=O) groups excluding carboxylic acids is 2. The maximum absolute atomic E-state index is 13.0. The Morgan fingerprint density at radius 1 is 0.949 bits per heavy atom. The maximum atomic E-state index is 13.0. The molecular weight excluding hydrogens is 573 g/mol. The lowest BCUT2D eigenvalue weighted by Crippen LogP contribution is -2.30. The van der Waals surface area contributed by atoms with E-state index in [1.807, 2.05) is 0 Å². The molecule has 2 amide bonds. The standard InChI is InChI=1S/C20H15F6N3O2S.C2HF3O2/c1-29(14-5-3-2-4-6-14)16(30)10-15-17(31)28-18(32-15)27-13-8-11(19(21,22)23)7-12(9-13)20(24,25)26;3-2(4,5)1(6)7/h2-9,15H,10H2,1H3,(H,27,28,31);(H,6,7). The lowest BCUT2D eigenvalue weighted by Gasteiger charge is -2.18. The highest BCUT2D eigenvalue weighted by molar-refractivity contribution is 8.15. The van der Waals surface area contributed by atoms with Crippen LogP contribution in [-0.2, 0) is 26.7 Å². The molecule has 1 atom stereocenters. The summed E-state index contributed by atoms with van der Waals surface area (Å²) in [5.74, 6) is -3.88. The number of nitrogens with one attached hydrogen (secondary N) is 1. The van der Waals surface area contributed by atoms with E-state index in [2.05, 4.69) is 10.3 Å². The predicted molar refractivity (Wildman–Crippen MR) is 122 cm³/mol. The summed E-state index contributed by atoms with van der Waals surface area (Å²) in [7, 11) is 1.52. The number of alkyl halides is 9. The van der Waals surface area contributed by atoms with Crippen LogP contribution in [0.2, 0.25) is 0 Å². The minimum atomic E-state index is -5.08. The Balaban J connectivity index is 0.000000673. The second-order valence-corrected chi connectivity index (χ2v) is 8.77. The number of para-hydroxylation sites is 1. The second-order valence-electron chi connectivity index (χ2n) is 7.58. The number of rotatable bonds is 4. The Bertz CT molecular complexity index is 1210. The summed E-state index contributed by atoms with van der Waals surface area (Å²) < 4.78 is 110. The lowest BCUT2D eigenvalue weighted by molar-refractivity contribution is -0.192. The summed E-state index contributed by atoms with van der Waals surface area (Å²) in [5.41, 5.74) is -2.93. The molecule has 1 unspecified atom stereocenters. The molecule has 0 aliphatic carbocycles. The number of aliphatic carboxylic acids is 1. The molecule has 1 aliphatic heterocycles. The van der Waals surface area contributed by atoms with Crippen LogP contribution in [0.3, 0.4) is 0 Å². The van der Waals surface area contributed by atoms with Crippen molar-refractivity contribution in [3.05, 3.63) is 59.7 Å². The van der Waals surface area contributed by atoms with Crippen LogP contribution in [0.4, 0.5) is 50.9 Å². The third kappa shape index (κ3) is 9.19. The van der Waals surface area contributed by atoms with Gasteiger partial charge in [-0.15, -0.1) is 0 Å². The van der Waals surface area contributed by atoms with E-state index in [0.29, 0.717) is 17.8 Å². The van der Waals surface area contributed by atoms with Crippen molar-refractivity contribution in [2.75, 3.05) is 17.3 Å². The molecule has 17 heteroatoms. The van der Waals surface area contributed by atoms with Crippen molar-refractivity contribution < 1.29 is 59.0 Å². The van der Waals surface area contributed by atoms with Gasteiger partial charge in [-0.1, -0.05) is 30.0 Å². The van der Waals surface area contributed by atoms with Gasteiger partial charge in [0.15, 0.2) is 5.17 Å². The first-order chi connectivity index (χ1) is 17.8. The zero-order valence-corrected chi connectivity index (χ0v) is 20.1. The van der Waals surface area contributed by atoms with E-state index in [1.54, 1.807) is 30.3 Å². The molecule has 0 radical (unpaired) electrons. The molecule has 1 aliphatic rings. The fourth-order valence-corrected chi connectivity index (χ4v) is 3.78. The molecule has 0 aromatic heterocycles. The molecule has 0 saturated carbocycles. The van der Waals surface area contributed by atoms with Crippen molar-refractivity contribution >= 4 is 46.1 Å². The predicted octanol–water partition coefficient (Wildman–Crippen LogP) is 5.82. The highest BCUT2D eigenvalue weighted by Crippen LogP contribution is 2.38. The van der Waals surface area contributed by atoms with Gasteiger partial charge in [-0.2, -0.15) is 44.5 Å². The summed E-state index contributed by atoms with van der Waals surface area (Å²) in [6.07, 6.45) is -15.3. The number of carbonyl (C=O) groups is 3. The molecule has 39 heavy (non-hydrogen) atoms. The molecule has 0 bridgehead atoms. The first-order valence-corrected chi connectivity index (χ1v) is 11.1. The average Bonchev–Trinajstić information content (AvgIpc) is 3.15. The van der Waals surface area contributed by atoms with E-state index in [0.717, 1.165) is 11.8 Å². The van der Waals surface area contributed by atoms with Crippen LogP contribution in [0.1, 0.15) is 17.5 Å². The Morgan fingerprint density at radius 3 is 1.87 bits per heavy atom. The van der Waals surface area contributed by atoms with Crippen molar-refractivity contribution in [1.29, 1.82) is 0 Å². The van der Waals surface area contributed by atoms with E-state index in [4.69, 9.17) is 9.90 Å². The van der Waals surface area contributed by atoms with Gasteiger partial charge < -0.3 is 15.3 Å². The zero-order valence-electron chi connectivity index (χ0n) is 19.3. The summed E-state index contributed by atoms with van der Waals surface area (Å²) in [6, 6.07) is 9.58. The van der Waals surface area contributed by atoms with E-state index >= 15 is 0 Å². The summed E-state index contributed by atoms with van der Waals surface area (Å²) in [6.45, 7) is 0. The number of carboxylic acid groups (broad SMARTS) is 1. The van der Waals surface area contributed by atoms with E-state index in [9.17, 15) is 49.1 Å². The number of hydrogen-bond donors (Lipinski definition) is 2. The SMILES string of the molecule is CN(C(=O)CC1SC(Nc2cc(C(F)(F)F)cc(C(F)(F)F)c2)=NC1=O)c1ccccc1.O=C(O)C(F)(F)F. The molecular formula is C22H16F9N3O4S. The maximum Gasteiger partial charge on any atom is 0.490 e. The molecule has 2 N–H and O–H groups in total. The number of amidine groups is 1. The molecule has 0 fully saturated rings. The third-order valence-electron chi connectivity index (χ3n) is 4.70. The largest absolute Gasteiger partial charge is 0.490 e. The molecule has 7 nitrogen and oxygen atoms in total. The number of halogens is 9. The van der Waals surface area contributed by atoms with Crippen molar-refractivity contribution in [1.82, 2.24) is 0 Å². The lowest BCUT2D eigenvalue weighted by atomic mass is 10.1. The first-order valence-electron chi connectivity index (χ1n) is 10.3. The highest BCUT2D eigenvalue weighted by atomic mass is 32.2. The summed E-state index contributed by atoms with van der Waals surface area (Å²) in [5, 5.41) is 8.31. The van der Waals surface area contributed by atoms with Gasteiger partial charge in [0.05, 0.1) is 11.1 Å². The molecule has 2 aromatic rings. The number of carboxylic acids is 1. The van der Waals surface area contributed by atoms with Gasteiger partial charge in [-0.3, -0.25) is 9.59 Å². The van der Waals surface area contributed by atoms with Crippen LogP contribution in [-0.4, -0.2) is 46.5 Å². The normalized spacial score (nSPS) is 15.7. The van der Waals surface area contributed by atoms with Crippen LogP contribution in [0, 0.1) is 0 Å². The Hall–Kier alpha value is -3.76. The number of hydrogen-bond acceptors (Lipinski definition) is 5. The van der Waals surface area contributed by atoms with Crippen molar-refractivity contribution in [3.63, 3.8) is 0 Å². The van der Waals surface area contributed by atoms with E-state index < -0.39 is 58.4 Å². The van der Waals surface area contributed by atoms with Gasteiger partial charge in [0.2, 0.25) is 5.91 Å².